The highest BCUT2D eigenvalue weighted by Crippen LogP contribution is 2.33. The molecule has 0 radical (unpaired) electrons. The summed E-state index contributed by atoms with van der Waals surface area (Å²) in [5.74, 6) is 0.770. The first kappa shape index (κ1) is 25.0. The number of hydrogen-bond donors (Lipinski definition) is 1. The molecule has 0 unspecified atom stereocenters. The van der Waals surface area contributed by atoms with Crippen molar-refractivity contribution < 1.29 is 13.2 Å². The van der Waals surface area contributed by atoms with E-state index in [1.54, 1.807) is 23.8 Å². The van der Waals surface area contributed by atoms with Crippen LogP contribution in [0.3, 0.4) is 0 Å². The first-order chi connectivity index (χ1) is 15.8. The van der Waals surface area contributed by atoms with Crippen LogP contribution < -0.4 is 15.0 Å². The number of hydrogen-bond acceptors (Lipinski definition) is 5. The molecule has 3 aromatic rings. The molecule has 178 valence electrons. The first-order valence-corrected chi connectivity index (χ1v) is 12.8. The Balaban J connectivity index is 2.18. The van der Waals surface area contributed by atoms with Crippen LogP contribution in [0.2, 0.25) is 0 Å². The molecule has 0 amide bonds. The fraction of sp³-hybridized carbons (Fsp3) is 0.400. The number of aromatic nitrogens is 1. The van der Waals surface area contributed by atoms with Gasteiger partial charge in [-0.1, -0.05) is 43.7 Å². The summed E-state index contributed by atoms with van der Waals surface area (Å²) in [6.45, 7) is 2.88. The summed E-state index contributed by atoms with van der Waals surface area (Å²) < 4.78 is 34.4. The van der Waals surface area contributed by atoms with Gasteiger partial charge in [0.1, 0.15) is 5.75 Å². The van der Waals surface area contributed by atoms with Gasteiger partial charge in [-0.3, -0.25) is 4.79 Å². The lowest BCUT2D eigenvalue weighted by Crippen LogP contribution is -2.34. The molecule has 0 aliphatic heterocycles. The summed E-state index contributed by atoms with van der Waals surface area (Å²) in [6, 6.07) is 15.4. The third-order valence-corrected chi connectivity index (χ3v) is 7.01. The fourth-order valence-electron chi connectivity index (χ4n) is 3.95. The Morgan fingerprint density at radius 3 is 2.42 bits per heavy atom. The Morgan fingerprint density at radius 2 is 1.79 bits per heavy atom. The molecular weight excluding hydrogens is 438 g/mol. The van der Waals surface area contributed by atoms with E-state index in [-0.39, 0.29) is 24.4 Å². The SMILES string of the molecule is CCCCS(=O)(=O)NCCn1c(CN(C)C)c(-c2ccccc2)c2cc(OC)ccc2c1=O. The lowest BCUT2D eigenvalue weighted by Gasteiger charge is -2.23. The fourth-order valence-corrected chi connectivity index (χ4v) is 5.16. The van der Waals surface area contributed by atoms with Gasteiger partial charge >= 0.3 is 0 Å². The minimum absolute atomic E-state index is 0.0930. The van der Waals surface area contributed by atoms with Crippen LogP contribution in [-0.4, -0.2) is 51.4 Å². The molecule has 0 bridgehead atoms. The van der Waals surface area contributed by atoms with Crippen LogP contribution in [0.1, 0.15) is 25.5 Å². The summed E-state index contributed by atoms with van der Waals surface area (Å²) in [4.78, 5) is 15.6. The standard InChI is InChI=1S/C25H33N3O4S/c1-5-6-16-33(30,31)26-14-15-28-23(18-27(2)3)24(19-10-8-7-9-11-19)22-17-20(32-4)12-13-21(22)25(28)29/h7-13,17,26H,5-6,14-16,18H2,1-4H3. The normalized spacial score (nSPS) is 11.9. The number of sulfonamides is 1. The van der Waals surface area contributed by atoms with E-state index in [2.05, 4.69) is 4.72 Å². The zero-order chi connectivity index (χ0) is 24.0. The first-order valence-electron chi connectivity index (χ1n) is 11.2. The van der Waals surface area contributed by atoms with Crippen molar-refractivity contribution in [3.05, 3.63) is 64.6 Å². The molecule has 0 spiro atoms. The van der Waals surface area contributed by atoms with Crippen LogP contribution in [0.4, 0.5) is 0 Å². The molecule has 7 nitrogen and oxygen atoms in total. The van der Waals surface area contributed by atoms with Crippen molar-refractivity contribution in [2.24, 2.45) is 0 Å². The number of nitrogens with one attached hydrogen (secondary N) is 1. The Morgan fingerprint density at radius 1 is 1.06 bits per heavy atom. The largest absolute Gasteiger partial charge is 0.497 e. The van der Waals surface area contributed by atoms with Gasteiger partial charge in [0.05, 0.1) is 12.9 Å². The molecule has 8 heteroatoms. The van der Waals surface area contributed by atoms with Crippen molar-refractivity contribution in [1.82, 2.24) is 14.2 Å². The lowest BCUT2D eigenvalue weighted by atomic mass is 9.96. The number of ether oxygens (including phenoxy) is 1. The van der Waals surface area contributed by atoms with Crippen LogP contribution in [-0.2, 0) is 23.1 Å². The molecule has 2 aromatic carbocycles. The van der Waals surface area contributed by atoms with Gasteiger partial charge in [0.2, 0.25) is 10.0 Å². The summed E-state index contributed by atoms with van der Waals surface area (Å²) >= 11 is 0. The molecule has 33 heavy (non-hydrogen) atoms. The number of benzene rings is 2. The summed E-state index contributed by atoms with van der Waals surface area (Å²) in [5, 5.41) is 1.40. The highest BCUT2D eigenvalue weighted by atomic mass is 32.2. The second kappa shape index (κ2) is 11.0. The second-order valence-corrected chi connectivity index (χ2v) is 10.3. The Bertz CT molecular complexity index is 1250. The number of fused-ring (bicyclic) bond motifs is 1. The average molecular weight is 472 g/mol. The van der Waals surface area contributed by atoms with Crippen LogP contribution in [0.15, 0.2) is 53.3 Å². The van der Waals surface area contributed by atoms with Crippen molar-refractivity contribution in [3.8, 4) is 16.9 Å². The number of methoxy groups -OCH3 is 1. The van der Waals surface area contributed by atoms with Gasteiger partial charge in [-0.15, -0.1) is 0 Å². The number of nitrogens with zero attached hydrogens (tertiary/aromatic N) is 2. The van der Waals surface area contributed by atoms with Gasteiger partial charge < -0.3 is 14.2 Å². The van der Waals surface area contributed by atoms with Gasteiger partial charge in [-0.05, 0) is 44.3 Å². The van der Waals surface area contributed by atoms with Crippen molar-refractivity contribution in [2.75, 3.05) is 33.5 Å². The number of pyridine rings is 1. The quantitative estimate of drug-likeness (QED) is 0.463. The van der Waals surface area contributed by atoms with E-state index in [4.69, 9.17) is 4.74 Å². The molecule has 0 saturated carbocycles. The van der Waals surface area contributed by atoms with Crippen LogP contribution in [0.25, 0.3) is 21.9 Å². The smallest absolute Gasteiger partial charge is 0.258 e. The molecule has 1 aromatic heterocycles. The van der Waals surface area contributed by atoms with E-state index in [1.807, 2.05) is 62.3 Å². The lowest BCUT2D eigenvalue weighted by molar-refractivity contribution is 0.385. The monoisotopic (exact) mass is 471 g/mol. The van der Waals surface area contributed by atoms with Crippen LogP contribution in [0, 0.1) is 0 Å². The third kappa shape index (κ3) is 6.01. The maximum Gasteiger partial charge on any atom is 0.258 e. The van der Waals surface area contributed by atoms with E-state index in [0.717, 1.165) is 28.6 Å². The minimum atomic E-state index is -3.37. The zero-order valence-corrected chi connectivity index (χ0v) is 20.6. The third-order valence-electron chi connectivity index (χ3n) is 5.54. The Labute approximate surface area is 196 Å². The summed E-state index contributed by atoms with van der Waals surface area (Å²) in [5.41, 5.74) is 2.64. The zero-order valence-electron chi connectivity index (χ0n) is 19.8. The summed E-state index contributed by atoms with van der Waals surface area (Å²) in [6.07, 6.45) is 1.42. The van der Waals surface area contributed by atoms with Crippen molar-refractivity contribution in [3.63, 3.8) is 0 Å². The van der Waals surface area contributed by atoms with E-state index in [9.17, 15) is 13.2 Å². The Kier molecular flexibility index (Phi) is 8.29. The molecule has 0 atom stereocenters. The molecule has 0 aliphatic rings. The van der Waals surface area contributed by atoms with E-state index in [1.165, 1.54) is 0 Å². The van der Waals surface area contributed by atoms with Gasteiger partial charge in [0.15, 0.2) is 0 Å². The van der Waals surface area contributed by atoms with Crippen LogP contribution in [0.5, 0.6) is 5.75 Å². The molecule has 0 fully saturated rings. The minimum Gasteiger partial charge on any atom is -0.497 e. The summed E-state index contributed by atoms with van der Waals surface area (Å²) in [7, 11) is 2.14. The molecule has 3 rings (SSSR count). The van der Waals surface area contributed by atoms with Crippen LogP contribution >= 0.6 is 0 Å². The van der Waals surface area contributed by atoms with Crippen molar-refractivity contribution >= 4 is 20.8 Å². The highest BCUT2D eigenvalue weighted by Gasteiger charge is 2.20. The maximum atomic E-state index is 13.6. The topological polar surface area (TPSA) is 80.6 Å². The molecule has 0 aliphatic carbocycles. The molecular formula is C25H33N3O4S. The van der Waals surface area contributed by atoms with Gasteiger partial charge in [-0.25, -0.2) is 13.1 Å². The molecule has 1 heterocycles. The van der Waals surface area contributed by atoms with Gasteiger partial charge in [0.25, 0.3) is 5.56 Å². The van der Waals surface area contributed by atoms with E-state index < -0.39 is 10.0 Å². The van der Waals surface area contributed by atoms with E-state index in [0.29, 0.717) is 24.1 Å². The maximum absolute atomic E-state index is 13.6. The van der Waals surface area contributed by atoms with Crippen molar-refractivity contribution in [1.29, 1.82) is 0 Å². The van der Waals surface area contributed by atoms with Gasteiger partial charge in [0, 0.05) is 41.7 Å². The molecule has 0 saturated heterocycles. The predicted molar refractivity (Wildman–Crippen MR) is 134 cm³/mol. The molecule has 1 N–H and O–H groups in total. The van der Waals surface area contributed by atoms with Gasteiger partial charge in [-0.2, -0.15) is 0 Å². The highest BCUT2D eigenvalue weighted by molar-refractivity contribution is 7.89. The Hall–Kier alpha value is -2.68. The number of rotatable bonds is 11. The predicted octanol–water partition coefficient (Wildman–Crippen LogP) is 3.46. The second-order valence-electron chi connectivity index (χ2n) is 8.36. The van der Waals surface area contributed by atoms with Crippen molar-refractivity contribution in [2.45, 2.75) is 32.9 Å². The number of unbranched alkanes of at least 4 members (excludes halogenated alkanes) is 1. The van der Waals surface area contributed by atoms with E-state index >= 15 is 0 Å². The average Bonchev–Trinajstić information content (AvgIpc) is 2.79.